The van der Waals surface area contributed by atoms with Crippen LogP contribution in [0, 0.1) is 0 Å². The Kier molecular flexibility index (Phi) is 3.52. The fraction of sp³-hybridized carbons (Fsp3) is 0.250. The minimum Gasteiger partial charge on any atom is -0.330 e. The smallest absolute Gasteiger partial charge is 0.108 e. The van der Waals surface area contributed by atoms with Crippen LogP contribution in [-0.4, -0.2) is 9.55 Å². The molecule has 0 N–H and O–H groups in total. The van der Waals surface area contributed by atoms with E-state index in [0.29, 0.717) is 10.0 Å². The lowest BCUT2D eigenvalue weighted by molar-refractivity contribution is 0.732. The lowest BCUT2D eigenvalue weighted by Crippen LogP contribution is -2.03. The summed E-state index contributed by atoms with van der Waals surface area (Å²) in [6.45, 7) is 2.82. The Hall–Kier alpha value is -0.990. The molecule has 4 heteroatoms. The van der Waals surface area contributed by atoms with Gasteiger partial charge in [0.25, 0.3) is 0 Å². The minimum absolute atomic E-state index is 0.662. The van der Waals surface area contributed by atoms with Crippen LogP contribution in [0.15, 0.2) is 30.6 Å². The maximum Gasteiger partial charge on any atom is 0.108 e. The molecule has 1 heterocycles. The number of rotatable bonds is 3. The Bertz CT molecular complexity index is 492. The predicted octanol–water partition coefficient (Wildman–Crippen LogP) is 3.80. The molecule has 0 spiro atoms. The zero-order valence-corrected chi connectivity index (χ0v) is 10.5. The Balaban J connectivity index is 2.27. The molecule has 0 aliphatic rings. The van der Waals surface area contributed by atoms with Crippen molar-refractivity contribution in [2.24, 2.45) is 0 Å². The first-order valence-electron chi connectivity index (χ1n) is 5.14. The fourth-order valence-electron chi connectivity index (χ4n) is 1.63. The summed E-state index contributed by atoms with van der Waals surface area (Å²) in [5, 5.41) is 1.36. The van der Waals surface area contributed by atoms with Crippen molar-refractivity contribution in [2.75, 3.05) is 0 Å². The van der Waals surface area contributed by atoms with Crippen molar-refractivity contribution in [2.45, 2.75) is 19.9 Å². The van der Waals surface area contributed by atoms with Crippen LogP contribution in [0.3, 0.4) is 0 Å². The normalized spacial score (nSPS) is 10.7. The second kappa shape index (κ2) is 4.89. The maximum atomic E-state index is 6.12. The molecule has 0 aliphatic heterocycles. The average molecular weight is 255 g/mol. The van der Waals surface area contributed by atoms with Crippen molar-refractivity contribution in [1.82, 2.24) is 9.55 Å². The van der Waals surface area contributed by atoms with Crippen LogP contribution in [0.5, 0.6) is 0 Å². The van der Waals surface area contributed by atoms with Gasteiger partial charge in [-0.1, -0.05) is 36.2 Å². The molecule has 16 heavy (non-hydrogen) atoms. The molecule has 2 aromatic rings. The van der Waals surface area contributed by atoms with E-state index in [-0.39, 0.29) is 0 Å². The van der Waals surface area contributed by atoms with Crippen molar-refractivity contribution < 1.29 is 0 Å². The first-order valence-corrected chi connectivity index (χ1v) is 5.90. The molecular formula is C12H12Cl2N2. The second-order valence-corrected chi connectivity index (χ2v) is 4.40. The van der Waals surface area contributed by atoms with E-state index in [1.807, 2.05) is 24.5 Å². The maximum absolute atomic E-state index is 6.12. The van der Waals surface area contributed by atoms with E-state index in [1.54, 1.807) is 6.07 Å². The standard InChI is InChI=1S/C12H12Cl2N2/c1-2-12-15-5-6-16(12)8-9-3-4-10(13)7-11(9)14/h3-7H,2,8H2,1H3. The Labute approximate surface area is 105 Å². The van der Waals surface area contributed by atoms with E-state index in [4.69, 9.17) is 23.2 Å². The van der Waals surface area contributed by atoms with Crippen LogP contribution in [0.4, 0.5) is 0 Å². The van der Waals surface area contributed by atoms with Gasteiger partial charge in [0.05, 0.1) is 6.54 Å². The van der Waals surface area contributed by atoms with E-state index in [0.717, 1.165) is 24.4 Å². The van der Waals surface area contributed by atoms with Crippen molar-refractivity contribution in [1.29, 1.82) is 0 Å². The first kappa shape index (κ1) is 11.5. The lowest BCUT2D eigenvalue weighted by Gasteiger charge is -2.08. The molecule has 0 bridgehead atoms. The molecule has 0 aliphatic carbocycles. The lowest BCUT2D eigenvalue weighted by atomic mass is 10.2. The van der Waals surface area contributed by atoms with Crippen LogP contribution in [0.2, 0.25) is 10.0 Å². The monoisotopic (exact) mass is 254 g/mol. The molecule has 2 nitrogen and oxygen atoms in total. The fourth-order valence-corrected chi connectivity index (χ4v) is 2.10. The van der Waals surface area contributed by atoms with Gasteiger partial charge in [-0.3, -0.25) is 0 Å². The second-order valence-electron chi connectivity index (χ2n) is 3.56. The number of aromatic nitrogens is 2. The molecule has 0 amide bonds. The molecule has 84 valence electrons. The van der Waals surface area contributed by atoms with Gasteiger partial charge in [0.15, 0.2) is 0 Å². The number of halogens is 2. The van der Waals surface area contributed by atoms with E-state index in [9.17, 15) is 0 Å². The molecule has 0 radical (unpaired) electrons. The third-order valence-corrected chi connectivity index (χ3v) is 3.06. The highest BCUT2D eigenvalue weighted by atomic mass is 35.5. The van der Waals surface area contributed by atoms with Gasteiger partial charge in [0.2, 0.25) is 0 Å². The summed E-state index contributed by atoms with van der Waals surface area (Å²) in [4.78, 5) is 4.27. The van der Waals surface area contributed by atoms with E-state index >= 15 is 0 Å². The minimum atomic E-state index is 0.662. The Morgan fingerprint density at radius 1 is 1.31 bits per heavy atom. The summed E-state index contributed by atoms with van der Waals surface area (Å²) in [5.74, 6) is 1.06. The topological polar surface area (TPSA) is 17.8 Å². The van der Waals surface area contributed by atoms with Gasteiger partial charge in [0.1, 0.15) is 5.82 Å². The predicted molar refractivity (Wildman–Crippen MR) is 67.2 cm³/mol. The molecule has 2 rings (SSSR count). The molecule has 0 unspecified atom stereocenters. The summed E-state index contributed by atoms with van der Waals surface area (Å²) in [6.07, 6.45) is 4.69. The number of benzene rings is 1. The molecule has 0 saturated carbocycles. The molecule has 1 aromatic carbocycles. The van der Waals surface area contributed by atoms with Crippen LogP contribution < -0.4 is 0 Å². The van der Waals surface area contributed by atoms with Gasteiger partial charge in [-0.05, 0) is 17.7 Å². The summed E-state index contributed by atoms with van der Waals surface area (Å²) in [5.41, 5.74) is 1.05. The largest absolute Gasteiger partial charge is 0.330 e. The van der Waals surface area contributed by atoms with Gasteiger partial charge >= 0.3 is 0 Å². The molecule has 0 fully saturated rings. The van der Waals surface area contributed by atoms with Gasteiger partial charge in [-0.2, -0.15) is 0 Å². The zero-order chi connectivity index (χ0) is 11.5. The molecule has 0 saturated heterocycles. The Morgan fingerprint density at radius 3 is 2.81 bits per heavy atom. The highest BCUT2D eigenvalue weighted by Crippen LogP contribution is 2.22. The van der Waals surface area contributed by atoms with Crippen LogP contribution in [0.1, 0.15) is 18.3 Å². The quantitative estimate of drug-likeness (QED) is 0.815. The number of hydrogen-bond acceptors (Lipinski definition) is 1. The molecule has 1 aromatic heterocycles. The van der Waals surface area contributed by atoms with Gasteiger partial charge < -0.3 is 4.57 Å². The summed E-state index contributed by atoms with van der Waals surface area (Å²) < 4.78 is 2.09. The number of hydrogen-bond donors (Lipinski definition) is 0. The molecular weight excluding hydrogens is 243 g/mol. The van der Waals surface area contributed by atoms with Crippen LogP contribution >= 0.6 is 23.2 Å². The molecule has 0 atom stereocenters. The average Bonchev–Trinajstić information content (AvgIpc) is 2.69. The number of imidazole rings is 1. The van der Waals surface area contributed by atoms with E-state index in [2.05, 4.69) is 16.5 Å². The highest BCUT2D eigenvalue weighted by Gasteiger charge is 2.05. The summed E-state index contributed by atoms with van der Waals surface area (Å²) in [7, 11) is 0. The number of aryl methyl sites for hydroxylation is 1. The van der Waals surface area contributed by atoms with Gasteiger partial charge in [-0.25, -0.2) is 4.98 Å². The van der Waals surface area contributed by atoms with Crippen LogP contribution in [0.25, 0.3) is 0 Å². The van der Waals surface area contributed by atoms with Crippen molar-refractivity contribution in [3.05, 3.63) is 52.0 Å². The van der Waals surface area contributed by atoms with Gasteiger partial charge in [-0.15, -0.1) is 0 Å². The zero-order valence-electron chi connectivity index (χ0n) is 8.95. The Morgan fingerprint density at radius 2 is 2.12 bits per heavy atom. The third kappa shape index (κ3) is 2.39. The van der Waals surface area contributed by atoms with Crippen molar-refractivity contribution >= 4 is 23.2 Å². The highest BCUT2D eigenvalue weighted by molar-refractivity contribution is 6.35. The van der Waals surface area contributed by atoms with Crippen LogP contribution in [-0.2, 0) is 13.0 Å². The van der Waals surface area contributed by atoms with E-state index in [1.165, 1.54) is 0 Å². The third-order valence-electron chi connectivity index (χ3n) is 2.47. The van der Waals surface area contributed by atoms with Crippen molar-refractivity contribution in [3.63, 3.8) is 0 Å². The van der Waals surface area contributed by atoms with E-state index < -0.39 is 0 Å². The summed E-state index contributed by atoms with van der Waals surface area (Å²) in [6, 6.07) is 5.57. The van der Waals surface area contributed by atoms with Crippen molar-refractivity contribution in [3.8, 4) is 0 Å². The SMILES string of the molecule is CCc1nccn1Cc1ccc(Cl)cc1Cl. The van der Waals surface area contributed by atoms with Gasteiger partial charge in [0, 0.05) is 28.9 Å². The first-order chi connectivity index (χ1) is 7.70. The number of nitrogens with zero attached hydrogens (tertiary/aromatic N) is 2. The summed E-state index contributed by atoms with van der Waals surface area (Å²) >= 11 is 12.0.